The van der Waals surface area contributed by atoms with Gasteiger partial charge < -0.3 is 14.8 Å². The molecular weight excluding hydrogens is 250 g/mol. The molecule has 0 saturated carbocycles. The minimum Gasteiger partial charge on any atom is -0.372 e. The molecule has 4 heteroatoms. The van der Waals surface area contributed by atoms with Gasteiger partial charge in [0.05, 0.1) is 0 Å². The molecule has 1 aliphatic heterocycles. The summed E-state index contributed by atoms with van der Waals surface area (Å²) < 4.78 is 1.81. The summed E-state index contributed by atoms with van der Waals surface area (Å²) in [5, 5.41) is 2.92. The van der Waals surface area contributed by atoms with Crippen molar-refractivity contribution in [3.05, 3.63) is 48.3 Å². The molecule has 1 N–H and O–H groups in total. The van der Waals surface area contributed by atoms with Crippen LogP contribution in [0.15, 0.2) is 42.6 Å². The van der Waals surface area contributed by atoms with E-state index >= 15 is 0 Å². The molecule has 0 spiro atoms. The predicted octanol–water partition coefficient (Wildman–Crippen LogP) is 2.88. The highest BCUT2D eigenvalue weighted by atomic mass is 16.1. The number of carbonyl (C=O) groups excluding carboxylic acids is 1. The van der Waals surface area contributed by atoms with E-state index < -0.39 is 0 Å². The fraction of sp³-hybridized carbons (Fsp3) is 0.312. The summed E-state index contributed by atoms with van der Waals surface area (Å²) in [6.45, 7) is 2.27. The van der Waals surface area contributed by atoms with Crippen LogP contribution in [0.1, 0.15) is 23.3 Å². The van der Waals surface area contributed by atoms with E-state index in [9.17, 15) is 4.79 Å². The van der Waals surface area contributed by atoms with Gasteiger partial charge in [-0.05, 0) is 49.2 Å². The van der Waals surface area contributed by atoms with Gasteiger partial charge in [0.1, 0.15) is 5.69 Å². The smallest absolute Gasteiger partial charge is 0.272 e. The number of anilines is 2. The number of carbonyl (C=O) groups is 1. The van der Waals surface area contributed by atoms with Crippen LogP contribution in [0.3, 0.4) is 0 Å². The van der Waals surface area contributed by atoms with Crippen molar-refractivity contribution < 1.29 is 4.79 Å². The summed E-state index contributed by atoms with van der Waals surface area (Å²) in [4.78, 5) is 14.5. The van der Waals surface area contributed by atoms with Crippen molar-refractivity contribution in [3.63, 3.8) is 0 Å². The fourth-order valence-corrected chi connectivity index (χ4v) is 2.62. The van der Waals surface area contributed by atoms with Crippen LogP contribution in [-0.4, -0.2) is 23.6 Å². The zero-order chi connectivity index (χ0) is 13.9. The van der Waals surface area contributed by atoms with Gasteiger partial charge in [-0.1, -0.05) is 0 Å². The van der Waals surface area contributed by atoms with Crippen molar-refractivity contribution in [2.75, 3.05) is 23.3 Å². The molecule has 1 amide bonds. The van der Waals surface area contributed by atoms with Crippen LogP contribution in [0.2, 0.25) is 0 Å². The van der Waals surface area contributed by atoms with Crippen LogP contribution >= 0.6 is 0 Å². The molecule has 1 saturated heterocycles. The Morgan fingerprint density at radius 2 is 1.80 bits per heavy atom. The largest absolute Gasteiger partial charge is 0.372 e. The molecule has 20 heavy (non-hydrogen) atoms. The molecule has 104 valence electrons. The molecule has 0 atom stereocenters. The summed E-state index contributed by atoms with van der Waals surface area (Å²) in [5.41, 5.74) is 2.73. The lowest BCUT2D eigenvalue weighted by Gasteiger charge is -2.17. The summed E-state index contributed by atoms with van der Waals surface area (Å²) >= 11 is 0. The zero-order valence-corrected chi connectivity index (χ0v) is 11.7. The summed E-state index contributed by atoms with van der Waals surface area (Å²) in [6, 6.07) is 11.8. The first-order chi connectivity index (χ1) is 9.74. The van der Waals surface area contributed by atoms with Gasteiger partial charge in [-0.15, -0.1) is 0 Å². The first-order valence-corrected chi connectivity index (χ1v) is 7.02. The van der Waals surface area contributed by atoms with Gasteiger partial charge >= 0.3 is 0 Å². The van der Waals surface area contributed by atoms with Gasteiger partial charge in [0, 0.05) is 37.7 Å². The van der Waals surface area contributed by atoms with E-state index in [-0.39, 0.29) is 5.91 Å². The Hall–Kier alpha value is -2.23. The van der Waals surface area contributed by atoms with E-state index in [2.05, 4.69) is 22.3 Å². The van der Waals surface area contributed by atoms with E-state index in [1.165, 1.54) is 18.5 Å². The first-order valence-electron chi connectivity index (χ1n) is 7.02. The van der Waals surface area contributed by atoms with Crippen LogP contribution in [0.4, 0.5) is 11.4 Å². The minimum atomic E-state index is -0.0774. The molecule has 1 aliphatic rings. The van der Waals surface area contributed by atoms with Crippen LogP contribution in [0.25, 0.3) is 0 Å². The Morgan fingerprint density at radius 3 is 2.40 bits per heavy atom. The van der Waals surface area contributed by atoms with Crippen LogP contribution in [0.5, 0.6) is 0 Å². The molecular formula is C16H19N3O. The standard InChI is InChI=1S/C16H19N3O/c1-18-10-4-5-15(18)16(20)17-13-6-8-14(9-7-13)19-11-2-3-12-19/h4-10H,2-3,11-12H2,1H3,(H,17,20). The Morgan fingerprint density at radius 1 is 1.10 bits per heavy atom. The number of amides is 1. The van der Waals surface area contributed by atoms with Crippen molar-refractivity contribution in [2.24, 2.45) is 7.05 Å². The SMILES string of the molecule is Cn1cccc1C(=O)Nc1ccc(N2CCCC2)cc1. The lowest BCUT2D eigenvalue weighted by Crippen LogP contribution is -2.18. The van der Waals surface area contributed by atoms with Crippen molar-refractivity contribution in [1.82, 2.24) is 4.57 Å². The highest BCUT2D eigenvalue weighted by Gasteiger charge is 2.13. The van der Waals surface area contributed by atoms with E-state index in [1.807, 2.05) is 42.1 Å². The lowest BCUT2D eigenvalue weighted by molar-refractivity contribution is 0.101. The monoisotopic (exact) mass is 269 g/mol. The predicted molar refractivity (Wildman–Crippen MR) is 81.3 cm³/mol. The topological polar surface area (TPSA) is 37.3 Å². The maximum atomic E-state index is 12.1. The molecule has 1 aromatic carbocycles. The number of rotatable bonds is 3. The highest BCUT2D eigenvalue weighted by Crippen LogP contribution is 2.22. The maximum absolute atomic E-state index is 12.1. The zero-order valence-electron chi connectivity index (χ0n) is 11.7. The van der Waals surface area contributed by atoms with Crippen molar-refractivity contribution in [2.45, 2.75) is 12.8 Å². The Bertz CT molecular complexity index is 594. The van der Waals surface area contributed by atoms with Gasteiger partial charge in [0.25, 0.3) is 5.91 Å². The molecule has 2 aromatic rings. The van der Waals surface area contributed by atoms with E-state index in [0.717, 1.165) is 18.8 Å². The average Bonchev–Trinajstić information content (AvgIpc) is 3.10. The molecule has 4 nitrogen and oxygen atoms in total. The molecule has 0 unspecified atom stereocenters. The molecule has 2 heterocycles. The van der Waals surface area contributed by atoms with Gasteiger partial charge in [0.15, 0.2) is 0 Å². The van der Waals surface area contributed by atoms with Gasteiger partial charge in [-0.25, -0.2) is 0 Å². The van der Waals surface area contributed by atoms with Gasteiger partial charge in [-0.3, -0.25) is 4.79 Å². The number of nitrogens with zero attached hydrogens (tertiary/aromatic N) is 2. The Balaban J connectivity index is 1.69. The summed E-state index contributed by atoms with van der Waals surface area (Å²) in [7, 11) is 1.87. The third kappa shape index (κ3) is 2.54. The third-order valence-electron chi connectivity index (χ3n) is 3.77. The van der Waals surface area contributed by atoms with Gasteiger partial charge in [-0.2, -0.15) is 0 Å². The Kier molecular flexibility index (Phi) is 3.46. The minimum absolute atomic E-state index is 0.0774. The van der Waals surface area contributed by atoms with E-state index in [1.54, 1.807) is 0 Å². The molecule has 1 fully saturated rings. The normalized spacial score (nSPS) is 14.6. The first kappa shape index (κ1) is 12.8. The lowest BCUT2D eigenvalue weighted by atomic mass is 10.2. The van der Waals surface area contributed by atoms with Crippen LogP contribution in [0, 0.1) is 0 Å². The molecule has 0 bridgehead atoms. The molecule has 0 radical (unpaired) electrons. The van der Waals surface area contributed by atoms with Crippen molar-refractivity contribution in [1.29, 1.82) is 0 Å². The van der Waals surface area contributed by atoms with Crippen molar-refractivity contribution >= 4 is 17.3 Å². The molecule has 3 rings (SSSR count). The quantitative estimate of drug-likeness (QED) is 0.930. The second kappa shape index (κ2) is 5.41. The van der Waals surface area contributed by atoms with Crippen LogP contribution in [-0.2, 0) is 7.05 Å². The third-order valence-corrected chi connectivity index (χ3v) is 3.77. The van der Waals surface area contributed by atoms with E-state index in [4.69, 9.17) is 0 Å². The van der Waals surface area contributed by atoms with Gasteiger partial charge in [0.2, 0.25) is 0 Å². The number of nitrogens with one attached hydrogen (secondary N) is 1. The fourth-order valence-electron chi connectivity index (χ4n) is 2.62. The number of hydrogen-bond donors (Lipinski definition) is 1. The summed E-state index contributed by atoms with van der Waals surface area (Å²) in [5.74, 6) is -0.0774. The van der Waals surface area contributed by atoms with Crippen LogP contribution < -0.4 is 10.2 Å². The number of hydrogen-bond acceptors (Lipinski definition) is 2. The average molecular weight is 269 g/mol. The number of aryl methyl sites for hydroxylation is 1. The maximum Gasteiger partial charge on any atom is 0.272 e. The highest BCUT2D eigenvalue weighted by molar-refractivity contribution is 6.03. The Labute approximate surface area is 119 Å². The number of benzene rings is 1. The second-order valence-electron chi connectivity index (χ2n) is 5.20. The number of aromatic nitrogens is 1. The van der Waals surface area contributed by atoms with E-state index in [0.29, 0.717) is 5.69 Å². The molecule has 1 aromatic heterocycles. The molecule has 0 aliphatic carbocycles. The van der Waals surface area contributed by atoms with Crippen molar-refractivity contribution in [3.8, 4) is 0 Å². The second-order valence-corrected chi connectivity index (χ2v) is 5.20. The summed E-state index contributed by atoms with van der Waals surface area (Å²) in [6.07, 6.45) is 4.41.